The molecule has 2 N–H and O–H groups in total. The summed E-state index contributed by atoms with van der Waals surface area (Å²) in [7, 11) is 0. The third-order valence-electron chi connectivity index (χ3n) is 5.99. The van der Waals surface area contributed by atoms with Crippen molar-refractivity contribution in [3.8, 4) is 5.75 Å². The second-order valence-electron chi connectivity index (χ2n) is 8.24. The maximum absolute atomic E-state index is 14.8. The summed E-state index contributed by atoms with van der Waals surface area (Å²) >= 11 is 0. The predicted octanol–water partition coefficient (Wildman–Crippen LogP) is 3.24. The molecule has 178 valence electrons. The second kappa shape index (κ2) is 9.24. The van der Waals surface area contributed by atoms with Gasteiger partial charge in [0.25, 0.3) is 11.8 Å². The predicted molar refractivity (Wildman–Crippen MR) is 120 cm³/mol. The number of carbonyl (C=O) groups excluding carboxylic acids is 3. The summed E-state index contributed by atoms with van der Waals surface area (Å²) in [5.74, 6) is -5.55. The first-order chi connectivity index (χ1) is 16.2. The van der Waals surface area contributed by atoms with Crippen LogP contribution in [0.25, 0.3) is 0 Å². The fourth-order valence-electron chi connectivity index (χ4n) is 4.29. The number of halogens is 2. The van der Waals surface area contributed by atoms with Crippen molar-refractivity contribution in [1.82, 2.24) is 15.5 Å². The highest BCUT2D eigenvalue weighted by molar-refractivity contribution is 5.99. The van der Waals surface area contributed by atoms with Gasteiger partial charge in [0.05, 0.1) is 18.2 Å². The van der Waals surface area contributed by atoms with Crippen LogP contribution >= 0.6 is 0 Å². The molecule has 0 saturated carbocycles. The largest absolute Gasteiger partial charge is 0.493 e. The maximum Gasteiger partial charge on any atom is 0.353 e. The van der Waals surface area contributed by atoms with Crippen molar-refractivity contribution in [1.29, 1.82) is 0 Å². The SMILES string of the molecule is C=C1NC(=O)CCC1N1Cc2cc(CNC(=O)C(F)(F)c3ccccc3OCC)ccc2C1=O. The average Bonchev–Trinajstić information content (AvgIpc) is 3.13. The Kier molecular flexibility index (Phi) is 6.37. The number of hydrogen-bond donors (Lipinski definition) is 2. The van der Waals surface area contributed by atoms with Gasteiger partial charge in [0.15, 0.2) is 0 Å². The molecule has 0 bridgehead atoms. The molecule has 1 fully saturated rings. The van der Waals surface area contributed by atoms with Crippen LogP contribution in [0.4, 0.5) is 8.78 Å². The monoisotopic (exact) mass is 469 g/mol. The zero-order chi connectivity index (χ0) is 24.5. The van der Waals surface area contributed by atoms with Gasteiger partial charge in [0.2, 0.25) is 5.91 Å². The number of amides is 3. The lowest BCUT2D eigenvalue weighted by Gasteiger charge is -2.32. The maximum atomic E-state index is 14.8. The molecule has 2 aliphatic heterocycles. The summed E-state index contributed by atoms with van der Waals surface area (Å²) in [5, 5.41) is 4.97. The summed E-state index contributed by atoms with van der Waals surface area (Å²) in [4.78, 5) is 38.4. The number of ether oxygens (including phenoxy) is 1. The van der Waals surface area contributed by atoms with Crippen molar-refractivity contribution in [2.75, 3.05) is 6.61 Å². The Bertz CT molecular complexity index is 1160. The van der Waals surface area contributed by atoms with E-state index < -0.39 is 17.4 Å². The lowest BCUT2D eigenvalue weighted by molar-refractivity contribution is -0.147. The molecule has 1 saturated heterocycles. The standard InChI is InChI=1S/C25H25F2N3O4/c1-3-34-21-7-5-4-6-19(21)25(26,27)24(33)28-13-16-8-9-18-17(12-16)14-30(23(18)32)20-10-11-22(31)29-15(20)2/h4-9,12,20H,2-3,10-11,13-14H2,1H3,(H,28,33)(H,29,31). The molecule has 1 atom stereocenters. The normalized spacial score (nSPS) is 17.9. The van der Waals surface area contributed by atoms with Gasteiger partial charge < -0.3 is 20.3 Å². The third-order valence-corrected chi connectivity index (χ3v) is 5.99. The van der Waals surface area contributed by atoms with Crippen LogP contribution in [0.1, 0.15) is 46.8 Å². The lowest BCUT2D eigenvalue weighted by Crippen LogP contribution is -2.45. The van der Waals surface area contributed by atoms with E-state index in [1.165, 1.54) is 18.2 Å². The highest BCUT2D eigenvalue weighted by Crippen LogP contribution is 2.35. The first-order valence-electron chi connectivity index (χ1n) is 11.0. The fraction of sp³-hybridized carbons (Fsp3) is 0.320. The minimum atomic E-state index is -3.78. The van der Waals surface area contributed by atoms with E-state index in [0.29, 0.717) is 36.2 Å². The Morgan fingerprint density at radius 1 is 1.26 bits per heavy atom. The molecule has 2 aliphatic rings. The van der Waals surface area contributed by atoms with Crippen LogP contribution in [-0.4, -0.2) is 35.3 Å². The molecule has 0 radical (unpaired) electrons. The van der Waals surface area contributed by atoms with E-state index >= 15 is 0 Å². The van der Waals surface area contributed by atoms with Gasteiger partial charge in [-0.15, -0.1) is 0 Å². The zero-order valence-corrected chi connectivity index (χ0v) is 18.7. The van der Waals surface area contributed by atoms with Crippen LogP contribution in [0.5, 0.6) is 5.75 Å². The van der Waals surface area contributed by atoms with Crippen LogP contribution in [0.3, 0.4) is 0 Å². The van der Waals surface area contributed by atoms with Crippen LogP contribution < -0.4 is 15.4 Å². The first kappa shape index (κ1) is 23.4. The van der Waals surface area contributed by atoms with Crippen molar-refractivity contribution >= 4 is 17.7 Å². The van der Waals surface area contributed by atoms with Crippen LogP contribution in [0, 0.1) is 0 Å². The van der Waals surface area contributed by atoms with Crippen LogP contribution in [-0.2, 0) is 28.6 Å². The van der Waals surface area contributed by atoms with E-state index in [4.69, 9.17) is 4.74 Å². The highest BCUT2D eigenvalue weighted by Gasteiger charge is 2.43. The molecule has 0 aromatic heterocycles. The number of nitrogens with zero attached hydrogens (tertiary/aromatic N) is 1. The third kappa shape index (κ3) is 4.37. The molecule has 2 heterocycles. The number of para-hydroxylation sites is 1. The van der Waals surface area contributed by atoms with E-state index in [-0.39, 0.29) is 36.8 Å². The average molecular weight is 469 g/mol. The van der Waals surface area contributed by atoms with E-state index in [1.807, 2.05) is 0 Å². The van der Waals surface area contributed by atoms with Gasteiger partial charge in [-0.25, -0.2) is 0 Å². The minimum absolute atomic E-state index is 0.0400. The summed E-state index contributed by atoms with van der Waals surface area (Å²) in [6.07, 6.45) is 0.799. The second-order valence-corrected chi connectivity index (χ2v) is 8.24. The summed E-state index contributed by atoms with van der Waals surface area (Å²) in [6, 6.07) is 10.2. The number of nitrogens with one attached hydrogen (secondary N) is 2. The van der Waals surface area contributed by atoms with Gasteiger partial charge in [-0.05, 0) is 42.7 Å². The molecule has 0 spiro atoms. The first-order valence-corrected chi connectivity index (χ1v) is 11.0. The van der Waals surface area contributed by atoms with E-state index in [9.17, 15) is 23.2 Å². The van der Waals surface area contributed by atoms with Crippen molar-refractivity contribution in [3.05, 3.63) is 77.0 Å². The Labute approximate surface area is 195 Å². The van der Waals surface area contributed by atoms with Gasteiger partial charge in [-0.2, -0.15) is 8.78 Å². The lowest BCUT2D eigenvalue weighted by atomic mass is 10.0. The molecule has 7 nitrogen and oxygen atoms in total. The van der Waals surface area contributed by atoms with Gasteiger partial charge in [-0.1, -0.05) is 30.8 Å². The molecule has 3 amide bonds. The van der Waals surface area contributed by atoms with Gasteiger partial charge in [-0.3, -0.25) is 14.4 Å². The quantitative estimate of drug-likeness (QED) is 0.652. The highest BCUT2D eigenvalue weighted by atomic mass is 19.3. The number of alkyl halides is 2. The molecule has 4 rings (SSSR count). The number of rotatable bonds is 7. The smallest absolute Gasteiger partial charge is 0.353 e. The summed E-state index contributed by atoms with van der Waals surface area (Å²) < 4.78 is 34.9. The Morgan fingerprint density at radius 2 is 2.03 bits per heavy atom. The van der Waals surface area contributed by atoms with Crippen LogP contribution in [0.15, 0.2) is 54.7 Å². The fourth-order valence-corrected chi connectivity index (χ4v) is 4.29. The Balaban J connectivity index is 1.44. The van der Waals surface area contributed by atoms with E-state index in [1.54, 1.807) is 36.1 Å². The molecule has 34 heavy (non-hydrogen) atoms. The molecular formula is C25H25F2N3O4. The van der Waals surface area contributed by atoms with Gasteiger partial charge >= 0.3 is 5.92 Å². The van der Waals surface area contributed by atoms with Crippen molar-refractivity contribution in [2.45, 2.75) is 44.8 Å². The Morgan fingerprint density at radius 3 is 2.76 bits per heavy atom. The van der Waals surface area contributed by atoms with Crippen molar-refractivity contribution in [2.24, 2.45) is 0 Å². The van der Waals surface area contributed by atoms with Crippen molar-refractivity contribution in [3.63, 3.8) is 0 Å². The van der Waals surface area contributed by atoms with Gasteiger partial charge in [0.1, 0.15) is 5.75 Å². The number of hydrogen-bond acceptors (Lipinski definition) is 4. The minimum Gasteiger partial charge on any atom is -0.493 e. The number of fused-ring (bicyclic) bond motifs is 1. The molecule has 9 heteroatoms. The molecule has 2 aromatic rings. The van der Waals surface area contributed by atoms with E-state index in [2.05, 4.69) is 17.2 Å². The summed E-state index contributed by atoms with van der Waals surface area (Å²) in [6.45, 7) is 5.92. The molecule has 2 aromatic carbocycles. The summed E-state index contributed by atoms with van der Waals surface area (Å²) in [5.41, 5.74) is 1.82. The van der Waals surface area contributed by atoms with Crippen molar-refractivity contribution < 1.29 is 27.9 Å². The Hall–Kier alpha value is -3.75. The van der Waals surface area contributed by atoms with Crippen LogP contribution in [0.2, 0.25) is 0 Å². The molecule has 0 aliphatic carbocycles. The van der Waals surface area contributed by atoms with Gasteiger partial charge in [0, 0.05) is 30.8 Å². The van der Waals surface area contributed by atoms with E-state index in [0.717, 1.165) is 5.56 Å². The number of carbonyl (C=O) groups is 3. The number of benzene rings is 2. The molecule has 1 unspecified atom stereocenters. The zero-order valence-electron chi connectivity index (χ0n) is 18.7. The molecular weight excluding hydrogens is 444 g/mol. The topological polar surface area (TPSA) is 87.7 Å². The number of piperidine rings is 1.